The van der Waals surface area contributed by atoms with Crippen LogP contribution >= 0.6 is 27.3 Å². The molecule has 1 aliphatic heterocycles. The summed E-state index contributed by atoms with van der Waals surface area (Å²) in [5.74, 6) is -0.595. The van der Waals surface area contributed by atoms with Gasteiger partial charge in [0.25, 0.3) is 0 Å². The first kappa shape index (κ1) is 25.8. The van der Waals surface area contributed by atoms with E-state index >= 15 is 0 Å². The monoisotopic (exact) mass is 552 g/mol. The topological polar surface area (TPSA) is 102 Å². The van der Waals surface area contributed by atoms with Crippen molar-refractivity contribution in [2.24, 2.45) is 4.99 Å². The smallest absolute Gasteiger partial charge is 0.407 e. The Balaban J connectivity index is 2.06. The lowest BCUT2D eigenvalue weighted by molar-refractivity contribution is -0.139. The van der Waals surface area contributed by atoms with Crippen molar-refractivity contribution in [3.05, 3.63) is 61.9 Å². The number of aliphatic imine (C=N–C) groups is 1. The Hall–Kier alpha value is -2.79. The zero-order valence-electron chi connectivity index (χ0n) is 19.3. The molecule has 0 spiro atoms. The van der Waals surface area contributed by atoms with Crippen molar-refractivity contribution in [1.29, 1.82) is 0 Å². The van der Waals surface area contributed by atoms with E-state index in [0.717, 1.165) is 0 Å². The van der Waals surface area contributed by atoms with Gasteiger partial charge in [-0.25, -0.2) is 19.0 Å². The highest BCUT2D eigenvalue weighted by atomic mass is 79.9. The van der Waals surface area contributed by atoms with Crippen molar-refractivity contribution in [2.45, 2.75) is 45.8 Å². The molecule has 0 fully saturated rings. The molecule has 2 aromatic rings. The van der Waals surface area contributed by atoms with Crippen LogP contribution in [-0.2, 0) is 14.3 Å². The van der Waals surface area contributed by atoms with Gasteiger partial charge in [0.1, 0.15) is 17.5 Å². The number of amidine groups is 1. The van der Waals surface area contributed by atoms with Gasteiger partial charge in [-0.2, -0.15) is 0 Å². The first-order chi connectivity index (χ1) is 16.1. The van der Waals surface area contributed by atoms with Gasteiger partial charge in [0.2, 0.25) is 0 Å². The molecule has 1 amide bonds. The summed E-state index contributed by atoms with van der Waals surface area (Å²) in [5, 5.41) is 8.21. The maximum atomic E-state index is 13.8. The lowest BCUT2D eigenvalue weighted by Gasteiger charge is -2.28. The quantitative estimate of drug-likeness (QED) is 0.475. The standard InChI is InChI=1S/C23H26BrFN4O4S/c1-5-9-32-21(30)17-16(12-27-22(31)33-23(2,3)4)28-19(20-26-8-10-34-20)29-18(17)14-7-6-13(25)11-15(14)24/h6-8,10-11,18H,5,9,12H2,1-4H3,(H,27,31)(H,28,29). The second-order valence-corrected chi connectivity index (χ2v) is 10.1. The van der Waals surface area contributed by atoms with Crippen molar-refractivity contribution in [2.75, 3.05) is 13.2 Å². The van der Waals surface area contributed by atoms with Gasteiger partial charge in [0, 0.05) is 21.7 Å². The Morgan fingerprint density at radius 2 is 2.09 bits per heavy atom. The number of thiazole rings is 1. The number of rotatable bonds is 7. The minimum absolute atomic E-state index is 0.0504. The number of alkyl carbamates (subject to hydrolysis) is 1. The Morgan fingerprint density at radius 3 is 2.71 bits per heavy atom. The summed E-state index contributed by atoms with van der Waals surface area (Å²) in [4.78, 5) is 34.5. The largest absolute Gasteiger partial charge is 0.462 e. The SMILES string of the molecule is CCCOC(=O)C1=C(CNC(=O)OC(C)(C)C)NC(c2nccs2)=NC1c1ccc(F)cc1Br. The molecule has 1 aromatic heterocycles. The molecule has 0 radical (unpaired) electrons. The molecule has 0 aliphatic carbocycles. The van der Waals surface area contributed by atoms with E-state index in [1.807, 2.05) is 6.92 Å². The first-order valence-corrected chi connectivity index (χ1v) is 12.3. The summed E-state index contributed by atoms with van der Waals surface area (Å²) >= 11 is 4.75. The minimum Gasteiger partial charge on any atom is -0.462 e. The number of aromatic nitrogens is 1. The average Bonchev–Trinajstić information content (AvgIpc) is 3.29. The Bertz CT molecular complexity index is 1110. The maximum absolute atomic E-state index is 13.8. The molecule has 1 unspecified atom stereocenters. The Morgan fingerprint density at radius 1 is 1.32 bits per heavy atom. The number of nitrogens with zero attached hydrogens (tertiary/aromatic N) is 2. The second-order valence-electron chi connectivity index (χ2n) is 8.39. The molecule has 34 heavy (non-hydrogen) atoms. The predicted molar refractivity (Wildman–Crippen MR) is 131 cm³/mol. The number of hydrogen-bond donors (Lipinski definition) is 2. The van der Waals surface area contributed by atoms with Crippen molar-refractivity contribution in [3.63, 3.8) is 0 Å². The Kier molecular flexibility index (Phi) is 8.42. The van der Waals surface area contributed by atoms with E-state index in [0.29, 0.717) is 33.0 Å². The van der Waals surface area contributed by atoms with E-state index in [-0.39, 0.29) is 18.7 Å². The lowest BCUT2D eigenvalue weighted by Crippen LogP contribution is -2.41. The maximum Gasteiger partial charge on any atom is 0.407 e. The fraction of sp³-hybridized carbons (Fsp3) is 0.391. The molecule has 1 aromatic carbocycles. The molecular formula is C23H26BrFN4O4S. The lowest BCUT2D eigenvalue weighted by atomic mass is 9.95. The predicted octanol–water partition coefficient (Wildman–Crippen LogP) is 4.87. The van der Waals surface area contributed by atoms with Crippen LogP contribution in [0.25, 0.3) is 0 Å². The van der Waals surface area contributed by atoms with Gasteiger partial charge in [0.05, 0.1) is 18.7 Å². The van der Waals surface area contributed by atoms with Crippen molar-refractivity contribution >= 4 is 45.2 Å². The molecule has 1 aliphatic rings. The van der Waals surface area contributed by atoms with Gasteiger partial charge < -0.3 is 20.1 Å². The van der Waals surface area contributed by atoms with Gasteiger partial charge in [-0.3, -0.25) is 4.99 Å². The second kappa shape index (κ2) is 11.1. The molecule has 11 heteroatoms. The highest BCUT2D eigenvalue weighted by Gasteiger charge is 2.34. The third kappa shape index (κ3) is 6.63. The molecule has 0 saturated heterocycles. The van der Waals surface area contributed by atoms with Crippen LogP contribution in [0.2, 0.25) is 0 Å². The number of amides is 1. The van der Waals surface area contributed by atoms with Crippen LogP contribution in [0.4, 0.5) is 9.18 Å². The Labute approximate surface area is 209 Å². The molecule has 182 valence electrons. The van der Waals surface area contributed by atoms with E-state index in [1.54, 1.807) is 38.4 Å². The normalized spacial score (nSPS) is 15.9. The summed E-state index contributed by atoms with van der Waals surface area (Å²) in [6, 6.07) is 3.34. The van der Waals surface area contributed by atoms with Crippen LogP contribution in [-0.4, -0.2) is 41.6 Å². The molecule has 1 atom stereocenters. The molecular weight excluding hydrogens is 527 g/mol. The zero-order chi connectivity index (χ0) is 24.9. The van der Waals surface area contributed by atoms with Crippen LogP contribution in [0, 0.1) is 5.82 Å². The third-order valence-electron chi connectivity index (χ3n) is 4.48. The molecule has 0 saturated carbocycles. The number of halogens is 2. The van der Waals surface area contributed by atoms with E-state index in [9.17, 15) is 14.0 Å². The van der Waals surface area contributed by atoms with E-state index < -0.39 is 29.5 Å². The van der Waals surface area contributed by atoms with E-state index in [2.05, 4.69) is 31.5 Å². The van der Waals surface area contributed by atoms with Gasteiger partial charge in [-0.1, -0.05) is 28.9 Å². The number of benzene rings is 1. The molecule has 2 heterocycles. The van der Waals surface area contributed by atoms with Crippen molar-refractivity contribution < 1.29 is 23.5 Å². The minimum atomic E-state index is -0.824. The first-order valence-electron chi connectivity index (χ1n) is 10.7. The fourth-order valence-corrected chi connectivity index (χ4v) is 4.28. The van der Waals surface area contributed by atoms with Crippen LogP contribution in [0.15, 0.2) is 50.5 Å². The van der Waals surface area contributed by atoms with Crippen molar-refractivity contribution in [3.8, 4) is 0 Å². The highest BCUT2D eigenvalue weighted by Crippen LogP contribution is 2.36. The number of esters is 1. The van der Waals surface area contributed by atoms with E-state index in [1.165, 1.54) is 23.5 Å². The van der Waals surface area contributed by atoms with Crippen LogP contribution in [0.5, 0.6) is 0 Å². The summed E-state index contributed by atoms with van der Waals surface area (Å²) in [6.07, 6.45) is 1.64. The van der Waals surface area contributed by atoms with Gasteiger partial charge in [-0.15, -0.1) is 11.3 Å². The molecule has 8 nitrogen and oxygen atoms in total. The van der Waals surface area contributed by atoms with Gasteiger partial charge >= 0.3 is 12.1 Å². The summed E-state index contributed by atoms with van der Waals surface area (Å²) in [5.41, 5.74) is 0.469. The third-order valence-corrected chi connectivity index (χ3v) is 5.95. The summed E-state index contributed by atoms with van der Waals surface area (Å²) in [6.45, 7) is 7.33. The van der Waals surface area contributed by atoms with Crippen LogP contribution < -0.4 is 10.6 Å². The average molecular weight is 553 g/mol. The summed E-state index contributed by atoms with van der Waals surface area (Å²) < 4.78 is 25.0. The van der Waals surface area contributed by atoms with Gasteiger partial charge in [0.15, 0.2) is 10.8 Å². The molecule has 3 rings (SSSR count). The molecule has 0 bridgehead atoms. The highest BCUT2D eigenvalue weighted by molar-refractivity contribution is 9.10. The van der Waals surface area contributed by atoms with Crippen LogP contribution in [0.3, 0.4) is 0 Å². The number of carbonyl (C=O) groups is 2. The zero-order valence-corrected chi connectivity index (χ0v) is 21.7. The van der Waals surface area contributed by atoms with Crippen molar-refractivity contribution in [1.82, 2.24) is 15.6 Å². The van der Waals surface area contributed by atoms with E-state index in [4.69, 9.17) is 14.5 Å². The number of nitrogens with one attached hydrogen (secondary N) is 2. The number of carbonyl (C=O) groups excluding carboxylic acids is 2. The van der Waals surface area contributed by atoms with Crippen LogP contribution in [0.1, 0.15) is 50.7 Å². The fourth-order valence-electron chi connectivity index (χ4n) is 3.12. The number of hydrogen-bond acceptors (Lipinski definition) is 8. The number of ether oxygens (including phenoxy) is 2. The molecule has 2 N–H and O–H groups in total. The summed E-state index contributed by atoms with van der Waals surface area (Å²) in [7, 11) is 0. The van der Waals surface area contributed by atoms with Gasteiger partial charge in [-0.05, 0) is 44.9 Å².